The number of hydrogen-bond donors (Lipinski definition) is 1. The molecular weight excluding hydrogens is 254 g/mol. The smallest absolute Gasteiger partial charge is 0.0713 e. The molecule has 1 rings (SSSR count). The van der Waals surface area contributed by atoms with Crippen LogP contribution in [0.4, 0.5) is 0 Å². The number of ether oxygens (including phenoxy) is 3. The third-order valence-corrected chi connectivity index (χ3v) is 2.96. The van der Waals surface area contributed by atoms with Gasteiger partial charge in [0.2, 0.25) is 0 Å². The summed E-state index contributed by atoms with van der Waals surface area (Å²) in [6.07, 6.45) is 2.21. The predicted molar refractivity (Wildman–Crippen MR) is 80.8 cm³/mol. The van der Waals surface area contributed by atoms with Crippen LogP contribution in [0.3, 0.4) is 0 Å². The Hall–Kier alpha value is -0.940. The zero-order valence-corrected chi connectivity index (χ0v) is 12.7. The Morgan fingerprint density at radius 2 is 1.80 bits per heavy atom. The van der Waals surface area contributed by atoms with Gasteiger partial charge in [-0.2, -0.15) is 0 Å². The molecule has 0 saturated heterocycles. The largest absolute Gasteiger partial charge is 0.382 e. The lowest BCUT2D eigenvalue weighted by Gasteiger charge is -2.07. The molecule has 0 heterocycles. The van der Waals surface area contributed by atoms with Crippen molar-refractivity contribution in [3.8, 4) is 0 Å². The van der Waals surface area contributed by atoms with Gasteiger partial charge in [-0.1, -0.05) is 24.3 Å². The molecule has 0 fully saturated rings. The van der Waals surface area contributed by atoms with Crippen molar-refractivity contribution in [2.75, 3.05) is 40.6 Å². The van der Waals surface area contributed by atoms with Crippen LogP contribution in [0.2, 0.25) is 0 Å². The highest BCUT2D eigenvalue weighted by molar-refractivity contribution is 5.22. The van der Waals surface area contributed by atoms with Crippen molar-refractivity contribution in [3.05, 3.63) is 35.4 Å². The van der Waals surface area contributed by atoms with Crippen molar-refractivity contribution in [2.45, 2.75) is 26.0 Å². The lowest BCUT2D eigenvalue weighted by Crippen LogP contribution is -2.15. The van der Waals surface area contributed by atoms with Gasteiger partial charge in [0.1, 0.15) is 0 Å². The monoisotopic (exact) mass is 281 g/mol. The molecular formula is C16H27NO3. The zero-order valence-electron chi connectivity index (χ0n) is 12.7. The molecule has 0 saturated carbocycles. The highest BCUT2D eigenvalue weighted by atomic mass is 16.5. The van der Waals surface area contributed by atoms with E-state index in [0.717, 1.165) is 32.5 Å². The zero-order chi connectivity index (χ0) is 14.5. The fourth-order valence-electron chi connectivity index (χ4n) is 1.93. The van der Waals surface area contributed by atoms with Gasteiger partial charge in [-0.05, 0) is 30.5 Å². The van der Waals surface area contributed by atoms with Gasteiger partial charge in [0.25, 0.3) is 0 Å². The summed E-state index contributed by atoms with van der Waals surface area (Å²) in [5.41, 5.74) is 2.52. The molecule has 114 valence electrons. The maximum absolute atomic E-state index is 5.41. The third kappa shape index (κ3) is 8.27. The summed E-state index contributed by atoms with van der Waals surface area (Å²) in [6.45, 7) is 4.78. The minimum Gasteiger partial charge on any atom is -0.382 e. The molecule has 0 aliphatic heterocycles. The van der Waals surface area contributed by atoms with Gasteiger partial charge in [-0.3, -0.25) is 0 Å². The lowest BCUT2D eigenvalue weighted by atomic mass is 10.1. The van der Waals surface area contributed by atoms with Crippen molar-refractivity contribution >= 4 is 0 Å². The first-order valence-electron chi connectivity index (χ1n) is 7.21. The SMILES string of the molecule is COCCOCCCCNCc1cccc(COC)c1. The van der Waals surface area contributed by atoms with Crippen molar-refractivity contribution in [1.82, 2.24) is 5.32 Å². The van der Waals surface area contributed by atoms with E-state index >= 15 is 0 Å². The first-order valence-corrected chi connectivity index (χ1v) is 7.21. The first kappa shape index (κ1) is 17.1. The average Bonchev–Trinajstić information content (AvgIpc) is 2.46. The van der Waals surface area contributed by atoms with Crippen LogP contribution in [0.1, 0.15) is 24.0 Å². The average molecular weight is 281 g/mol. The van der Waals surface area contributed by atoms with Gasteiger partial charge in [0, 0.05) is 27.4 Å². The van der Waals surface area contributed by atoms with E-state index in [0.29, 0.717) is 19.8 Å². The summed E-state index contributed by atoms with van der Waals surface area (Å²) >= 11 is 0. The maximum Gasteiger partial charge on any atom is 0.0713 e. The molecule has 0 unspecified atom stereocenters. The Bertz CT molecular complexity index is 344. The Balaban J connectivity index is 2.02. The van der Waals surface area contributed by atoms with Crippen LogP contribution in [0.15, 0.2) is 24.3 Å². The summed E-state index contributed by atoms with van der Waals surface area (Å²) < 4.78 is 15.5. The molecule has 0 aliphatic rings. The van der Waals surface area contributed by atoms with Crippen LogP contribution in [0.25, 0.3) is 0 Å². The predicted octanol–water partition coefficient (Wildman–Crippen LogP) is 2.37. The number of rotatable bonds is 12. The minimum atomic E-state index is 0.673. The lowest BCUT2D eigenvalue weighted by molar-refractivity contribution is 0.0688. The summed E-state index contributed by atoms with van der Waals surface area (Å²) in [4.78, 5) is 0. The molecule has 0 radical (unpaired) electrons. The summed E-state index contributed by atoms with van der Waals surface area (Å²) in [5.74, 6) is 0. The third-order valence-electron chi connectivity index (χ3n) is 2.96. The first-order chi connectivity index (χ1) is 9.86. The second-order valence-electron chi connectivity index (χ2n) is 4.74. The summed E-state index contributed by atoms with van der Waals surface area (Å²) in [6, 6.07) is 8.49. The number of nitrogens with one attached hydrogen (secondary N) is 1. The van der Waals surface area contributed by atoms with E-state index in [4.69, 9.17) is 14.2 Å². The number of benzene rings is 1. The van der Waals surface area contributed by atoms with Gasteiger partial charge in [-0.25, -0.2) is 0 Å². The van der Waals surface area contributed by atoms with Crippen LogP contribution >= 0.6 is 0 Å². The van der Waals surface area contributed by atoms with Crippen molar-refractivity contribution in [2.24, 2.45) is 0 Å². The van der Waals surface area contributed by atoms with Crippen molar-refractivity contribution < 1.29 is 14.2 Å². The topological polar surface area (TPSA) is 39.7 Å². The normalized spacial score (nSPS) is 10.9. The Morgan fingerprint density at radius 3 is 2.60 bits per heavy atom. The molecule has 1 aromatic carbocycles. The quantitative estimate of drug-likeness (QED) is 0.597. The van der Waals surface area contributed by atoms with Gasteiger partial charge < -0.3 is 19.5 Å². The van der Waals surface area contributed by atoms with E-state index in [-0.39, 0.29) is 0 Å². The maximum atomic E-state index is 5.41. The van der Waals surface area contributed by atoms with Crippen LogP contribution in [-0.2, 0) is 27.4 Å². The molecule has 1 N–H and O–H groups in total. The summed E-state index contributed by atoms with van der Waals surface area (Å²) in [7, 11) is 3.41. The van der Waals surface area contributed by atoms with Crippen LogP contribution in [-0.4, -0.2) is 40.6 Å². The number of hydrogen-bond acceptors (Lipinski definition) is 4. The van der Waals surface area contributed by atoms with E-state index in [9.17, 15) is 0 Å². The fourth-order valence-corrected chi connectivity index (χ4v) is 1.93. The second-order valence-corrected chi connectivity index (χ2v) is 4.74. The molecule has 0 amide bonds. The molecule has 4 nitrogen and oxygen atoms in total. The molecule has 20 heavy (non-hydrogen) atoms. The van der Waals surface area contributed by atoms with E-state index in [2.05, 4.69) is 29.6 Å². The highest BCUT2D eigenvalue weighted by Gasteiger charge is 1.96. The molecule has 0 aliphatic carbocycles. The Kier molecular flexibility index (Phi) is 10.1. The molecule has 0 spiro atoms. The van der Waals surface area contributed by atoms with Gasteiger partial charge in [-0.15, -0.1) is 0 Å². The van der Waals surface area contributed by atoms with Crippen LogP contribution in [0, 0.1) is 0 Å². The molecule has 0 atom stereocenters. The molecule has 4 heteroatoms. The fraction of sp³-hybridized carbons (Fsp3) is 0.625. The Morgan fingerprint density at radius 1 is 0.950 bits per heavy atom. The second kappa shape index (κ2) is 11.9. The van der Waals surface area contributed by atoms with E-state index < -0.39 is 0 Å². The van der Waals surface area contributed by atoms with Crippen molar-refractivity contribution in [3.63, 3.8) is 0 Å². The van der Waals surface area contributed by atoms with Gasteiger partial charge >= 0.3 is 0 Å². The van der Waals surface area contributed by atoms with E-state index in [1.807, 2.05) is 0 Å². The van der Waals surface area contributed by atoms with Crippen LogP contribution < -0.4 is 5.32 Å². The van der Waals surface area contributed by atoms with Crippen molar-refractivity contribution in [1.29, 1.82) is 0 Å². The van der Waals surface area contributed by atoms with Gasteiger partial charge in [0.05, 0.1) is 19.8 Å². The van der Waals surface area contributed by atoms with Gasteiger partial charge in [0.15, 0.2) is 0 Å². The van der Waals surface area contributed by atoms with E-state index in [1.54, 1.807) is 14.2 Å². The number of methoxy groups -OCH3 is 2. The Labute approximate surface area is 122 Å². The molecule has 0 bridgehead atoms. The van der Waals surface area contributed by atoms with E-state index in [1.165, 1.54) is 11.1 Å². The van der Waals surface area contributed by atoms with Crippen LogP contribution in [0.5, 0.6) is 0 Å². The highest BCUT2D eigenvalue weighted by Crippen LogP contribution is 2.06. The summed E-state index contributed by atoms with van der Waals surface area (Å²) in [5, 5.41) is 3.45. The standard InChI is InChI=1S/C16H27NO3/c1-18-10-11-20-9-4-3-8-17-13-15-6-5-7-16(12-15)14-19-2/h5-7,12,17H,3-4,8-11,13-14H2,1-2H3. The minimum absolute atomic E-state index is 0.673. The molecule has 1 aromatic rings. The molecule has 0 aromatic heterocycles. The number of unbranched alkanes of at least 4 members (excludes halogenated alkanes) is 1.